The molecule has 0 radical (unpaired) electrons. The number of hydrogen-bond acceptors (Lipinski definition) is 1. The van der Waals surface area contributed by atoms with E-state index < -0.39 is 0 Å². The first-order valence-electron chi connectivity index (χ1n) is 5.98. The number of rotatable bonds is 5. The average molecular weight is 345 g/mol. The third kappa shape index (κ3) is 4.30. The average Bonchev–Trinajstić information content (AvgIpc) is 2.23. The molecule has 94 valence electrons. The monoisotopic (exact) mass is 345 g/mol. The summed E-state index contributed by atoms with van der Waals surface area (Å²) < 4.78 is 1.15. The molecule has 1 N–H and O–H groups in total. The van der Waals surface area contributed by atoms with Crippen molar-refractivity contribution in [3.8, 4) is 0 Å². The first-order chi connectivity index (χ1) is 8.06. The van der Waals surface area contributed by atoms with Crippen LogP contribution in [0.1, 0.15) is 39.9 Å². The maximum absolute atomic E-state index is 12.0. The lowest BCUT2D eigenvalue weighted by Crippen LogP contribution is -2.26. The molecule has 0 fully saturated rings. The number of aryl methyl sites for hydroxylation is 3. The van der Waals surface area contributed by atoms with E-state index in [1.165, 1.54) is 5.56 Å². The van der Waals surface area contributed by atoms with Gasteiger partial charge in [-0.2, -0.15) is 0 Å². The summed E-state index contributed by atoms with van der Waals surface area (Å²) in [4.78, 5) is 12.0. The molecular formula is C14H20INO. The van der Waals surface area contributed by atoms with E-state index in [-0.39, 0.29) is 5.91 Å². The van der Waals surface area contributed by atoms with Crippen LogP contribution >= 0.6 is 22.6 Å². The molecule has 0 aliphatic carbocycles. The fourth-order valence-corrected chi connectivity index (χ4v) is 2.59. The summed E-state index contributed by atoms with van der Waals surface area (Å²) in [5.74, 6) is 0.0634. The Bertz CT molecular complexity index is 378. The van der Waals surface area contributed by atoms with Crippen molar-refractivity contribution >= 4 is 28.5 Å². The summed E-state index contributed by atoms with van der Waals surface area (Å²) in [5.41, 5.74) is 4.18. The van der Waals surface area contributed by atoms with Gasteiger partial charge in [0.1, 0.15) is 0 Å². The van der Waals surface area contributed by atoms with Crippen LogP contribution in [-0.4, -0.2) is 16.9 Å². The number of carbonyl (C=O) groups is 1. The predicted octanol–water partition coefficient (Wildman–Crippen LogP) is 3.56. The normalized spacial score (nSPS) is 10.4. The van der Waals surface area contributed by atoms with Crippen molar-refractivity contribution in [3.63, 3.8) is 0 Å². The Balaban J connectivity index is 2.69. The van der Waals surface area contributed by atoms with E-state index in [9.17, 15) is 4.79 Å². The highest BCUT2D eigenvalue weighted by Crippen LogP contribution is 2.16. The predicted molar refractivity (Wildman–Crippen MR) is 81.1 cm³/mol. The van der Waals surface area contributed by atoms with Crippen LogP contribution in [0.5, 0.6) is 0 Å². The van der Waals surface area contributed by atoms with Gasteiger partial charge in [-0.15, -0.1) is 0 Å². The molecule has 0 heterocycles. The molecule has 17 heavy (non-hydrogen) atoms. The Morgan fingerprint density at radius 2 is 1.76 bits per heavy atom. The number of halogens is 1. The zero-order chi connectivity index (χ0) is 12.8. The molecule has 2 nitrogen and oxygen atoms in total. The Morgan fingerprint density at radius 1 is 1.18 bits per heavy atom. The van der Waals surface area contributed by atoms with Gasteiger partial charge in [0.15, 0.2) is 0 Å². The lowest BCUT2D eigenvalue weighted by atomic mass is 9.99. The second-order valence-corrected chi connectivity index (χ2v) is 5.50. The third-order valence-electron chi connectivity index (χ3n) is 2.75. The van der Waals surface area contributed by atoms with Crippen molar-refractivity contribution in [1.82, 2.24) is 5.32 Å². The molecule has 0 spiro atoms. The minimum absolute atomic E-state index is 0.0634. The number of alkyl halides is 1. The molecule has 0 saturated heterocycles. The molecular weight excluding hydrogens is 325 g/mol. The van der Waals surface area contributed by atoms with Crippen molar-refractivity contribution in [3.05, 3.63) is 34.4 Å². The van der Waals surface area contributed by atoms with Crippen LogP contribution in [-0.2, 0) is 0 Å². The highest BCUT2D eigenvalue weighted by atomic mass is 127. The van der Waals surface area contributed by atoms with E-state index in [0.717, 1.165) is 40.5 Å². The van der Waals surface area contributed by atoms with Crippen LogP contribution in [0.3, 0.4) is 0 Å². The summed E-state index contributed by atoms with van der Waals surface area (Å²) in [6.45, 7) is 6.83. The Morgan fingerprint density at radius 3 is 2.29 bits per heavy atom. The molecule has 0 aromatic heterocycles. The van der Waals surface area contributed by atoms with E-state index in [1.807, 2.05) is 13.8 Å². The number of unbranched alkanes of at least 4 members (excludes halogenated alkanes) is 1. The topological polar surface area (TPSA) is 29.1 Å². The van der Waals surface area contributed by atoms with Gasteiger partial charge in [0.05, 0.1) is 0 Å². The van der Waals surface area contributed by atoms with Crippen LogP contribution in [0.2, 0.25) is 0 Å². The smallest absolute Gasteiger partial charge is 0.251 e. The van der Waals surface area contributed by atoms with Gasteiger partial charge in [-0.1, -0.05) is 40.3 Å². The SMILES string of the molecule is Cc1cc(C)c(C(=O)NCCCCI)c(C)c1. The quantitative estimate of drug-likeness (QED) is 0.494. The van der Waals surface area contributed by atoms with Gasteiger partial charge in [0.25, 0.3) is 5.91 Å². The van der Waals surface area contributed by atoms with Crippen molar-refractivity contribution in [2.45, 2.75) is 33.6 Å². The fraction of sp³-hybridized carbons (Fsp3) is 0.500. The van der Waals surface area contributed by atoms with Gasteiger partial charge < -0.3 is 5.32 Å². The third-order valence-corrected chi connectivity index (χ3v) is 3.51. The van der Waals surface area contributed by atoms with Crippen LogP contribution in [0.4, 0.5) is 0 Å². The molecule has 1 aromatic carbocycles. The van der Waals surface area contributed by atoms with Crippen molar-refractivity contribution < 1.29 is 4.79 Å². The zero-order valence-corrected chi connectivity index (χ0v) is 12.9. The summed E-state index contributed by atoms with van der Waals surface area (Å²) >= 11 is 2.36. The molecule has 0 aliphatic rings. The minimum Gasteiger partial charge on any atom is -0.352 e. The van der Waals surface area contributed by atoms with Crippen LogP contribution in [0.25, 0.3) is 0 Å². The van der Waals surface area contributed by atoms with Gasteiger partial charge in [-0.3, -0.25) is 4.79 Å². The molecule has 0 saturated carbocycles. The molecule has 0 aliphatic heterocycles. The minimum atomic E-state index is 0.0634. The molecule has 1 amide bonds. The zero-order valence-electron chi connectivity index (χ0n) is 10.8. The van der Waals surface area contributed by atoms with E-state index in [2.05, 4.69) is 47.0 Å². The molecule has 0 atom stereocenters. The van der Waals surface area contributed by atoms with Gasteiger partial charge >= 0.3 is 0 Å². The number of amides is 1. The molecule has 0 bridgehead atoms. The summed E-state index contributed by atoms with van der Waals surface area (Å²) in [7, 11) is 0. The Labute approximate surface area is 117 Å². The molecule has 1 rings (SSSR count). The molecule has 3 heteroatoms. The lowest BCUT2D eigenvalue weighted by Gasteiger charge is -2.11. The first kappa shape index (κ1) is 14.5. The van der Waals surface area contributed by atoms with Crippen molar-refractivity contribution in [1.29, 1.82) is 0 Å². The lowest BCUT2D eigenvalue weighted by molar-refractivity contribution is 0.0952. The second kappa shape index (κ2) is 6.99. The van der Waals surface area contributed by atoms with Crippen LogP contribution in [0.15, 0.2) is 12.1 Å². The van der Waals surface area contributed by atoms with E-state index in [0.29, 0.717) is 0 Å². The maximum atomic E-state index is 12.0. The highest BCUT2D eigenvalue weighted by molar-refractivity contribution is 14.1. The van der Waals surface area contributed by atoms with E-state index in [4.69, 9.17) is 0 Å². The van der Waals surface area contributed by atoms with Gasteiger partial charge in [-0.25, -0.2) is 0 Å². The number of hydrogen-bond donors (Lipinski definition) is 1. The Hall–Kier alpha value is -0.580. The highest BCUT2D eigenvalue weighted by Gasteiger charge is 2.11. The van der Waals surface area contributed by atoms with Crippen LogP contribution in [0, 0.1) is 20.8 Å². The van der Waals surface area contributed by atoms with Gasteiger partial charge in [0, 0.05) is 12.1 Å². The van der Waals surface area contributed by atoms with E-state index >= 15 is 0 Å². The number of carbonyl (C=O) groups excluding carboxylic acids is 1. The second-order valence-electron chi connectivity index (χ2n) is 4.43. The molecule has 0 unspecified atom stereocenters. The fourth-order valence-electron chi connectivity index (χ4n) is 2.05. The largest absolute Gasteiger partial charge is 0.352 e. The maximum Gasteiger partial charge on any atom is 0.251 e. The molecule has 1 aromatic rings. The Kier molecular flexibility index (Phi) is 5.95. The van der Waals surface area contributed by atoms with E-state index in [1.54, 1.807) is 0 Å². The van der Waals surface area contributed by atoms with Crippen molar-refractivity contribution in [2.75, 3.05) is 11.0 Å². The van der Waals surface area contributed by atoms with Crippen molar-refractivity contribution in [2.24, 2.45) is 0 Å². The number of nitrogens with one attached hydrogen (secondary N) is 1. The summed E-state index contributed by atoms with van der Waals surface area (Å²) in [6.07, 6.45) is 2.21. The first-order valence-corrected chi connectivity index (χ1v) is 7.51. The standard InChI is InChI=1S/C14H20INO/c1-10-8-11(2)13(12(3)9-10)14(17)16-7-5-4-6-15/h8-9H,4-7H2,1-3H3,(H,16,17). The number of benzene rings is 1. The van der Waals surface area contributed by atoms with Gasteiger partial charge in [-0.05, 0) is 49.2 Å². The van der Waals surface area contributed by atoms with Crippen LogP contribution < -0.4 is 5.32 Å². The summed E-state index contributed by atoms with van der Waals surface area (Å²) in [6, 6.07) is 4.12. The van der Waals surface area contributed by atoms with Gasteiger partial charge in [0.2, 0.25) is 0 Å². The summed E-state index contributed by atoms with van der Waals surface area (Å²) in [5, 5.41) is 2.99.